The van der Waals surface area contributed by atoms with Crippen molar-refractivity contribution >= 4 is 0 Å². The van der Waals surface area contributed by atoms with Crippen molar-refractivity contribution in [1.29, 1.82) is 0 Å². The lowest BCUT2D eigenvalue weighted by Gasteiger charge is -2.13. The summed E-state index contributed by atoms with van der Waals surface area (Å²) in [6, 6.07) is 4.59. The molecule has 1 rings (SSSR count). The number of alkyl halides is 1. The first-order valence-electron chi connectivity index (χ1n) is 4.85. The minimum absolute atomic E-state index is 0.532. The Morgan fingerprint density at radius 1 is 1.40 bits per heavy atom. The SMILES string of the molecule is CCOc1cc([C@@H](N)CF)ccc1OC. The summed E-state index contributed by atoms with van der Waals surface area (Å²) >= 11 is 0. The number of hydrogen-bond acceptors (Lipinski definition) is 3. The predicted molar refractivity (Wildman–Crippen MR) is 57.1 cm³/mol. The standard InChI is InChI=1S/C11H16FNO2/c1-3-15-11-6-8(9(13)7-12)4-5-10(11)14-2/h4-6,9H,3,7,13H2,1-2H3/t9-/m0/s1. The fourth-order valence-corrected chi connectivity index (χ4v) is 1.28. The summed E-state index contributed by atoms with van der Waals surface area (Å²) in [5.41, 5.74) is 6.29. The highest BCUT2D eigenvalue weighted by Gasteiger charge is 2.10. The first kappa shape index (κ1) is 11.8. The first-order chi connectivity index (χ1) is 7.22. The number of nitrogens with two attached hydrogens (primary N) is 1. The van der Waals surface area contributed by atoms with Crippen molar-refractivity contribution in [3.63, 3.8) is 0 Å². The monoisotopic (exact) mass is 213 g/mol. The van der Waals surface area contributed by atoms with E-state index in [2.05, 4.69) is 0 Å². The van der Waals surface area contributed by atoms with Crippen LogP contribution in [0.3, 0.4) is 0 Å². The molecule has 0 aliphatic heterocycles. The molecule has 0 amide bonds. The molecule has 0 unspecified atom stereocenters. The highest BCUT2D eigenvalue weighted by atomic mass is 19.1. The van der Waals surface area contributed by atoms with Crippen LogP contribution < -0.4 is 15.2 Å². The summed E-state index contributed by atoms with van der Waals surface area (Å²) in [6.07, 6.45) is 0. The molecule has 15 heavy (non-hydrogen) atoms. The second-order valence-electron chi connectivity index (χ2n) is 3.10. The summed E-state index contributed by atoms with van der Waals surface area (Å²) < 4.78 is 22.8. The van der Waals surface area contributed by atoms with E-state index in [4.69, 9.17) is 15.2 Å². The molecule has 3 nitrogen and oxygen atoms in total. The van der Waals surface area contributed by atoms with Gasteiger partial charge < -0.3 is 15.2 Å². The Bertz CT molecular complexity index is 317. The number of hydrogen-bond donors (Lipinski definition) is 1. The molecule has 0 aliphatic rings. The van der Waals surface area contributed by atoms with Crippen LogP contribution in [0, 0.1) is 0 Å². The van der Waals surface area contributed by atoms with Gasteiger partial charge in [-0.2, -0.15) is 0 Å². The van der Waals surface area contributed by atoms with Crippen LogP contribution >= 0.6 is 0 Å². The highest BCUT2D eigenvalue weighted by molar-refractivity contribution is 5.43. The normalized spacial score (nSPS) is 12.3. The van der Waals surface area contributed by atoms with Crippen molar-refractivity contribution in [2.45, 2.75) is 13.0 Å². The average Bonchev–Trinajstić information content (AvgIpc) is 2.28. The molecule has 84 valence electrons. The molecule has 0 aromatic heterocycles. The summed E-state index contributed by atoms with van der Waals surface area (Å²) in [7, 11) is 1.56. The maximum atomic E-state index is 12.4. The minimum Gasteiger partial charge on any atom is -0.493 e. The fourth-order valence-electron chi connectivity index (χ4n) is 1.28. The van der Waals surface area contributed by atoms with Crippen molar-refractivity contribution in [1.82, 2.24) is 0 Å². The van der Waals surface area contributed by atoms with Gasteiger partial charge in [0.2, 0.25) is 0 Å². The lowest BCUT2D eigenvalue weighted by molar-refractivity contribution is 0.310. The Morgan fingerprint density at radius 2 is 2.13 bits per heavy atom. The van der Waals surface area contributed by atoms with Crippen LogP contribution in [-0.2, 0) is 0 Å². The molecule has 1 aromatic carbocycles. The van der Waals surface area contributed by atoms with Gasteiger partial charge in [0.1, 0.15) is 6.67 Å². The number of methoxy groups -OCH3 is 1. The van der Waals surface area contributed by atoms with E-state index < -0.39 is 12.7 Å². The van der Waals surface area contributed by atoms with Gasteiger partial charge in [0.25, 0.3) is 0 Å². The van der Waals surface area contributed by atoms with E-state index in [1.165, 1.54) is 0 Å². The van der Waals surface area contributed by atoms with E-state index in [1.54, 1.807) is 25.3 Å². The number of benzene rings is 1. The van der Waals surface area contributed by atoms with Gasteiger partial charge in [-0.15, -0.1) is 0 Å². The quantitative estimate of drug-likeness (QED) is 0.814. The molecule has 0 aliphatic carbocycles. The lowest BCUT2D eigenvalue weighted by atomic mass is 10.1. The van der Waals surface area contributed by atoms with Gasteiger partial charge in [0, 0.05) is 0 Å². The van der Waals surface area contributed by atoms with E-state index in [0.29, 0.717) is 23.7 Å². The topological polar surface area (TPSA) is 44.5 Å². The van der Waals surface area contributed by atoms with Crippen LogP contribution in [0.25, 0.3) is 0 Å². The fraction of sp³-hybridized carbons (Fsp3) is 0.455. The van der Waals surface area contributed by atoms with Gasteiger partial charge in [-0.25, -0.2) is 4.39 Å². The highest BCUT2D eigenvalue weighted by Crippen LogP contribution is 2.29. The molecule has 0 heterocycles. The molecule has 0 spiro atoms. The largest absolute Gasteiger partial charge is 0.493 e. The molecular formula is C11H16FNO2. The van der Waals surface area contributed by atoms with Crippen LogP contribution in [0.4, 0.5) is 4.39 Å². The van der Waals surface area contributed by atoms with Crippen LogP contribution in [0.5, 0.6) is 11.5 Å². The van der Waals surface area contributed by atoms with Crippen molar-refractivity contribution in [3.8, 4) is 11.5 Å². The summed E-state index contributed by atoms with van der Waals surface area (Å²) in [5, 5.41) is 0. The van der Waals surface area contributed by atoms with Crippen molar-refractivity contribution in [3.05, 3.63) is 23.8 Å². The Hall–Kier alpha value is -1.29. The molecule has 2 N–H and O–H groups in total. The average molecular weight is 213 g/mol. The van der Waals surface area contributed by atoms with Crippen molar-refractivity contribution in [2.24, 2.45) is 5.73 Å². The Morgan fingerprint density at radius 3 is 2.67 bits per heavy atom. The molecule has 0 bridgehead atoms. The van der Waals surface area contributed by atoms with Crippen LogP contribution in [0.15, 0.2) is 18.2 Å². The Balaban J connectivity index is 2.98. The second kappa shape index (κ2) is 5.56. The van der Waals surface area contributed by atoms with Crippen molar-refractivity contribution in [2.75, 3.05) is 20.4 Å². The summed E-state index contributed by atoms with van der Waals surface area (Å²) in [5.74, 6) is 1.23. The van der Waals surface area contributed by atoms with Gasteiger partial charge in [0.15, 0.2) is 11.5 Å². The summed E-state index contributed by atoms with van der Waals surface area (Å²) in [4.78, 5) is 0. The number of ether oxygens (including phenoxy) is 2. The van der Waals surface area contributed by atoms with E-state index in [9.17, 15) is 4.39 Å². The second-order valence-corrected chi connectivity index (χ2v) is 3.10. The molecule has 0 saturated carbocycles. The molecule has 0 fully saturated rings. The van der Waals surface area contributed by atoms with Gasteiger partial charge in [-0.1, -0.05) is 6.07 Å². The van der Waals surface area contributed by atoms with E-state index in [-0.39, 0.29) is 0 Å². The molecule has 4 heteroatoms. The maximum absolute atomic E-state index is 12.4. The van der Waals surface area contributed by atoms with E-state index in [0.717, 1.165) is 0 Å². The zero-order valence-electron chi connectivity index (χ0n) is 9.00. The third-order valence-electron chi connectivity index (χ3n) is 2.08. The Kier molecular flexibility index (Phi) is 4.37. The van der Waals surface area contributed by atoms with Gasteiger partial charge in [-0.05, 0) is 24.6 Å². The summed E-state index contributed by atoms with van der Waals surface area (Å²) in [6.45, 7) is 1.82. The molecule has 0 radical (unpaired) electrons. The molecular weight excluding hydrogens is 197 g/mol. The third-order valence-corrected chi connectivity index (χ3v) is 2.08. The van der Waals surface area contributed by atoms with Crippen LogP contribution in [0.1, 0.15) is 18.5 Å². The van der Waals surface area contributed by atoms with E-state index >= 15 is 0 Å². The molecule has 1 aromatic rings. The maximum Gasteiger partial charge on any atom is 0.161 e. The number of rotatable bonds is 5. The molecule has 1 atom stereocenters. The first-order valence-corrected chi connectivity index (χ1v) is 4.85. The Labute approximate surface area is 89.0 Å². The smallest absolute Gasteiger partial charge is 0.161 e. The van der Waals surface area contributed by atoms with Crippen LogP contribution in [-0.4, -0.2) is 20.4 Å². The van der Waals surface area contributed by atoms with Gasteiger partial charge in [0.05, 0.1) is 19.8 Å². The minimum atomic E-state index is -0.602. The van der Waals surface area contributed by atoms with Crippen LogP contribution in [0.2, 0.25) is 0 Å². The van der Waals surface area contributed by atoms with Crippen molar-refractivity contribution < 1.29 is 13.9 Å². The molecule has 0 saturated heterocycles. The zero-order valence-corrected chi connectivity index (χ0v) is 9.00. The zero-order chi connectivity index (χ0) is 11.3. The lowest BCUT2D eigenvalue weighted by Crippen LogP contribution is -2.12. The predicted octanol–water partition coefficient (Wildman–Crippen LogP) is 2.06. The van der Waals surface area contributed by atoms with E-state index in [1.807, 2.05) is 6.92 Å². The number of halogens is 1. The van der Waals surface area contributed by atoms with Gasteiger partial charge >= 0.3 is 0 Å². The third kappa shape index (κ3) is 2.83. The van der Waals surface area contributed by atoms with Gasteiger partial charge in [-0.3, -0.25) is 0 Å².